The summed E-state index contributed by atoms with van der Waals surface area (Å²) in [5.41, 5.74) is 0. The Labute approximate surface area is 88.4 Å². The van der Waals surface area contributed by atoms with Crippen LogP contribution in [-0.4, -0.2) is 37.6 Å². The van der Waals surface area contributed by atoms with Gasteiger partial charge in [-0.25, -0.2) is 0 Å². The summed E-state index contributed by atoms with van der Waals surface area (Å²) in [5.74, 6) is 0.918. The summed E-state index contributed by atoms with van der Waals surface area (Å²) in [6, 6.07) is 0. The van der Waals surface area contributed by atoms with E-state index in [4.69, 9.17) is 0 Å². The van der Waals surface area contributed by atoms with Crippen LogP contribution in [0, 0.1) is 5.92 Å². The Morgan fingerprint density at radius 1 is 1.36 bits per heavy atom. The van der Waals surface area contributed by atoms with Gasteiger partial charge >= 0.3 is 0 Å². The Morgan fingerprint density at radius 2 is 2.07 bits per heavy atom. The van der Waals surface area contributed by atoms with Crippen LogP contribution < -0.4 is 5.32 Å². The normalized spacial score (nSPS) is 19.6. The predicted octanol–water partition coefficient (Wildman–Crippen LogP) is 1.88. The van der Waals surface area contributed by atoms with Crippen molar-refractivity contribution >= 4 is 0 Å². The highest BCUT2D eigenvalue weighted by molar-refractivity contribution is 4.82. The SMILES string of the molecule is CC=CCN(CC)CC1CCNCC1. The van der Waals surface area contributed by atoms with Crippen molar-refractivity contribution in [2.24, 2.45) is 5.92 Å². The van der Waals surface area contributed by atoms with Crippen LogP contribution in [0.3, 0.4) is 0 Å². The second kappa shape index (κ2) is 7.02. The highest BCUT2D eigenvalue weighted by Crippen LogP contribution is 2.13. The second-order valence-corrected chi connectivity index (χ2v) is 4.11. The molecule has 0 unspecified atom stereocenters. The van der Waals surface area contributed by atoms with Gasteiger partial charge in [-0.3, -0.25) is 4.90 Å². The van der Waals surface area contributed by atoms with Crippen molar-refractivity contribution in [2.75, 3.05) is 32.7 Å². The van der Waals surface area contributed by atoms with E-state index < -0.39 is 0 Å². The summed E-state index contributed by atoms with van der Waals surface area (Å²) >= 11 is 0. The Bertz CT molecular complexity index is 160. The zero-order valence-electron chi connectivity index (χ0n) is 9.63. The molecule has 0 aromatic rings. The summed E-state index contributed by atoms with van der Waals surface area (Å²) < 4.78 is 0. The smallest absolute Gasteiger partial charge is 0.0163 e. The molecule has 2 nitrogen and oxygen atoms in total. The van der Waals surface area contributed by atoms with Gasteiger partial charge in [0.05, 0.1) is 0 Å². The van der Waals surface area contributed by atoms with Crippen molar-refractivity contribution in [1.82, 2.24) is 10.2 Å². The molecule has 0 amide bonds. The van der Waals surface area contributed by atoms with E-state index in [9.17, 15) is 0 Å². The molecule has 1 heterocycles. The number of rotatable bonds is 5. The van der Waals surface area contributed by atoms with Crippen LogP contribution in [0.25, 0.3) is 0 Å². The third kappa shape index (κ3) is 4.25. The first kappa shape index (κ1) is 11.7. The van der Waals surface area contributed by atoms with Crippen LogP contribution >= 0.6 is 0 Å². The molecule has 14 heavy (non-hydrogen) atoms. The molecule has 0 spiro atoms. The van der Waals surface area contributed by atoms with Crippen LogP contribution in [0.4, 0.5) is 0 Å². The predicted molar refractivity (Wildman–Crippen MR) is 62.5 cm³/mol. The largest absolute Gasteiger partial charge is 0.317 e. The van der Waals surface area contributed by atoms with Gasteiger partial charge in [0.15, 0.2) is 0 Å². The molecule has 1 aliphatic rings. The molecule has 1 fully saturated rings. The van der Waals surface area contributed by atoms with E-state index in [2.05, 4.69) is 36.2 Å². The van der Waals surface area contributed by atoms with Crippen molar-refractivity contribution < 1.29 is 0 Å². The van der Waals surface area contributed by atoms with Gasteiger partial charge in [0.2, 0.25) is 0 Å². The van der Waals surface area contributed by atoms with Gasteiger partial charge in [0, 0.05) is 13.1 Å². The number of piperidine rings is 1. The van der Waals surface area contributed by atoms with Crippen LogP contribution in [0.15, 0.2) is 12.2 Å². The monoisotopic (exact) mass is 196 g/mol. The average Bonchev–Trinajstić information content (AvgIpc) is 2.25. The number of nitrogens with zero attached hydrogens (tertiary/aromatic N) is 1. The fourth-order valence-electron chi connectivity index (χ4n) is 2.02. The molecule has 2 heteroatoms. The zero-order chi connectivity index (χ0) is 10.2. The molecule has 0 atom stereocenters. The van der Waals surface area contributed by atoms with Gasteiger partial charge in [-0.15, -0.1) is 0 Å². The van der Waals surface area contributed by atoms with E-state index in [-0.39, 0.29) is 0 Å². The lowest BCUT2D eigenvalue weighted by Crippen LogP contribution is -2.36. The molecule has 1 saturated heterocycles. The van der Waals surface area contributed by atoms with Crippen molar-refractivity contribution in [3.05, 3.63) is 12.2 Å². The molecule has 0 radical (unpaired) electrons. The van der Waals surface area contributed by atoms with E-state index in [1.165, 1.54) is 39.0 Å². The molecule has 0 saturated carbocycles. The minimum Gasteiger partial charge on any atom is -0.317 e. The van der Waals surface area contributed by atoms with Gasteiger partial charge < -0.3 is 5.32 Å². The number of nitrogens with one attached hydrogen (secondary N) is 1. The average molecular weight is 196 g/mol. The summed E-state index contributed by atoms with van der Waals surface area (Å²) in [7, 11) is 0. The zero-order valence-corrected chi connectivity index (χ0v) is 9.63. The first-order chi connectivity index (χ1) is 6.86. The molecular weight excluding hydrogens is 172 g/mol. The second-order valence-electron chi connectivity index (χ2n) is 4.11. The maximum atomic E-state index is 3.42. The minimum atomic E-state index is 0.918. The van der Waals surface area contributed by atoms with E-state index >= 15 is 0 Å². The first-order valence-corrected chi connectivity index (χ1v) is 5.91. The number of allylic oxidation sites excluding steroid dienone is 1. The van der Waals surface area contributed by atoms with Crippen LogP contribution in [0.1, 0.15) is 26.7 Å². The maximum absolute atomic E-state index is 3.42. The molecule has 1 rings (SSSR count). The number of hydrogen-bond donors (Lipinski definition) is 1. The summed E-state index contributed by atoms with van der Waals surface area (Å²) in [6.45, 7) is 10.4. The third-order valence-corrected chi connectivity index (χ3v) is 3.02. The van der Waals surface area contributed by atoms with E-state index in [1.54, 1.807) is 0 Å². The van der Waals surface area contributed by atoms with Gasteiger partial charge in [-0.1, -0.05) is 19.1 Å². The quantitative estimate of drug-likeness (QED) is 0.675. The topological polar surface area (TPSA) is 15.3 Å². The van der Waals surface area contributed by atoms with Crippen LogP contribution in [0.2, 0.25) is 0 Å². The lowest BCUT2D eigenvalue weighted by atomic mass is 9.97. The fourth-order valence-corrected chi connectivity index (χ4v) is 2.02. The maximum Gasteiger partial charge on any atom is 0.0163 e. The summed E-state index contributed by atoms with van der Waals surface area (Å²) in [5, 5.41) is 3.42. The number of likely N-dealkylation sites (N-methyl/N-ethyl adjacent to an activating group) is 1. The van der Waals surface area contributed by atoms with Gasteiger partial charge in [0.25, 0.3) is 0 Å². The van der Waals surface area contributed by atoms with Crippen molar-refractivity contribution in [1.29, 1.82) is 0 Å². The number of hydrogen-bond acceptors (Lipinski definition) is 2. The Balaban J connectivity index is 2.23. The molecule has 0 bridgehead atoms. The molecular formula is C12H24N2. The van der Waals surface area contributed by atoms with Gasteiger partial charge in [-0.05, 0) is 45.3 Å². The van der Waals surface area contributed by atoms with Gasteiger partial charge in [-0.2, -0.15) is 0 Å². The van der Waals surface area contributed by atoms with Crippen LogP contribution in [-0.2, 0) is 0 Å². The Kier molecular flexibility index (Phi) is 5.88. The van der Waals surface area contributed by atoms with Gasteiger partial charge in [0.1, 0.15) is 0 Å². The van der Waals surface area contributed by atoms with Crippen molar-refractivity contribution in [2.45, 2.75) is 26.7 Å². The van der Waals surface area contributed by atoms with Crippen molar-refractivity contribution in [3.8, 4) is 0 Å². The van der Waals surface area contributed by atoms with E-state index in [1.807, 2.05) is 0 Å². The molecule has 0 aromatic carbocycles. The third-order valence-electron chi connectivity index (χ3n) is 3.02. The highest BCUT2D eigenvalue weighted by atomic mass is 15.1. The van der Waals surface area contributed by atoms with Crippen LogP contribution in [0.5, 0.6) is 0 Å². The lowest BCUT2D eigenvalue weighted by Gasteiger charge is -2.28. The first-order valence-electron chi connectivity index (χ1n) is 5.91. The minimum absolute atomic E-state index is 0.918. The molecule has 1 N–H and O–H groups in total. The Hall–Kier alpha value is -0.340. The molecule has 0 aromatic heterocycles. The summed E-state index contributed by atoms with van der Waals surface area (Å²) in [4.78, 5) is 2.54. The lowest BCUT2D eigenvalue weighted by molar-refractivity contribution is 0.230. The van der Waals surface area contributed by atoms with Crippen molar-refractivity contribution in [3.63, 3.8) is 0 Å². The fraction of sp³-hybridized carbons (Fsp3) is 0.833. The van der Waals surface area contributed by atoms with E-state index in [0.717, 1.165) is 12.5 Å². The summed E-state index contributed by atoms with van der Waals surface area (Å²) in [6.07, 6.45) is 7.11. The Morgan fingerprint density at radius 3 is 2.64 bits per heavy atom. The molecule has 82 valence electrons. The molecule has 0 aliphatic carbocycles. The van der Waals surface area contributed by atoms with E-state index in [0.29, 0.717) is 0 Å². The molecule has 1 aliphatic heterocycles. The standard InChI is InChI=1S/C12H24N2/c1-3-5-10-14(4-2)11-12-6-8-13-9-7-12/h3,5,12-13H,4,6-11H2,1-2H3. The highest BCUT2D eigenvalue weighted by Gasteiger charge is 2.15.